The molecule has 0 unspecified atom stereocenters. The van der Waals surface area contributed by atoms with Crippen LogP contribution in [0.25, 0.3) is 21.5 Å². The molecule has 0 saturated carbocycles. The number of methoxy groups -OCH3 is 2. The lowest BCUT2D eigenvalue weighted by Gasteiger charge is -2.25. The fraction of sp³-hybridized carbons (Fsp3) is 0.286. The van der Waals surface area contributed by atoms with Gasteiger partial charge in [0.05, 0.1) is 37.0 Å². The van der Waals surface area contributed by atoms with Crippen molar-refractivity contribution in [2.75, 3.05) is 66.6 Å². The molecule has 7 rings (SSSR count). The number of ether oxygens (including phenoxy) is 2. The van der Waals surface area contributed by atoms with Crippen LogP contribution in [0.1, 0.15) is 47.5 Å². The van der Waals surface area contributed by atoms with Gasteiger partial charge in [-0.2, -0.15) is 31.8 Å². The number of unbranched alkanes of at least 4 members (excludes halogenated alkanes) is 1. The molecule has 19 nitrogen and oxygen atoms in total. The molecule has 0 bridgehead atoms. The normalized spacial score (nSPS) is 12.0. The maximum absolute atomic E-state index is 12.7. The Morgan fingerprint density at radius 1 is 0.577 bits per heavy atom. The highest BCUT2D eigenvalue weighted by molar-refractivity contribution is 7.99. The molecule has 0 atom stereocenters. The second kappa shape index (κ2) is 22.8. The Labute approximate surface area is 417 Å². The van der Waals surface area contributed by atoms with Gasteiger partial charge < -0.3 is 29.9 Å². The van der Waals surface area contributed by atoms with Crippen LogP contribution in [-0.2, 0) is 20.2 Å². The third-order valence-corrected chi connectivity index (χ3v) is 14.1. The van der Waals surface area contributed by atoms with Crippen LogP contribution in [-0.4, -0.2) is 87.0 Å². The molecule has 0 radical (unpaired) electrons. The predicted octanol–water partition coefficient (Wildman–Crippen LogP) is 12.6. The molecule has 372 valence electrons. The third kappa shape index (κ3) is 12.0. The maximum Gasteiger partial charge on any atom is 0.296 e. The number of fused-ring (bicyclic) bond motifs is 2. The lowest BCUT2D eigenvalue weighted by Crippen LogP contribution is -2.22. The minimum absolute atomic E-state index is 0.0595. The van der Waals surface area contributed by atoms with Gasteiger partial charge in [-0.25, -0.2) is 0 Å². The average Bonchev–Trinajstić information content (AvgIpc) is 3.35. The van der Waals surface area contributed by atoms with Gasteiger partial charge >= 0.3 is 0 Å². The van der Waals surface area contributed by atoms with Crippen LogP contribution in [0.2, 0.25) is 0 Å². The summed E-state index contributed by atoms with van der Waals surface area (Å²) in [6.07, 6.45) is 1.82. The summed E-state index contributed by atoms with van der Waals surface area (Å²) < 4.78 is 82.9. The summed E-state index contributed by atoms with van der Waals surface area (Å²) in [7, 11) is -6.36. The Balaban J connectivity index is 1.40. The zero-order valence-electron chi connectivity index (χ0n) is 40.3. The molecule has 0 spiro atoms. The minimum atomic E-state index is -4.72. The summed E-state index contributed by atoms with van der Waals surface area (Å²) in [4.78, 5) is 17.8. The molecule has 1 heterocycles. The monoisotopic (exact) mass is 1020 g/mol. The number of azo groups is 2. The molecule has 0 aliphatic carbocycles. The molecular formula is C49H55N11O8S3. The summed E-state index contributed by atoms with van der Waals surface area (Å²) >= 11 is 1.43. The number of thioether (sulfide) groups is 1. The topological polar surface area (TPSA) is 246 Å². The van der Waals surface area contributed by atoms with Gasteiger partial charge in [0.2, 0.25) is 11.9 Å². The first kappa shape index (κ1) is 51.9. The quantitative estimate of drug-likeness (QED) is 0.0213. The largest absolute Gasteiger partial charge is 0.494 e. The Morgan fingerprint density at radius 2 is 1.00 bits per heavy atom. The van der Waals surface area contributed by atoms with Crippen LogP contribution in [0.5, 0.6) is 11.5 Å². The van der Waals surface area contributed by atoms with Gasteiger partial charge in [0.25, 0.3) is 20.2 Å². The van der Waals surface area contributed by atoms with Gasteiger partial charge in [-0.05, 0) is 69.2 Å². The molecule has 0 amide bonds. The lowest BCUT2D eigenvalue weighted by atomic mass is 10.1. The van der Waals surface area contributed by atoms with E-state index in [1.807, 2.05) is 39.8 Å². The number of aromatic nitrogens is 3. The molecule has 6 aromatic carbocycles. The molecule has 0 saturated heterocycles. The van der Waals surface area contributed by atoms with Crippen LogP contribution in [0, 0.1) is 0 Å². The van der Waals surface area contributed by atoms with Gasteiger partial charge in [-0.15, -0.1) is 20.5 Å². The first-order valence-electron chi connectivity index (χ1n) is 22.8. The fourth-order valence-electron chi connectivity index (χ4n) is 7.81. The van der Waals surface area contributed by atoms with Crippen molar-refractivity contribution in [2.45, 2.75) is 62.4 Å². The second-order valence-electron chi connectivity index (χ2n) is 15.8. The summed E-state index contributed by atoms with van der Waals surface area (Å²) in [6, 6.07) is 26.8. The van der Waals surface area contributed by atoms with E-state index in [0.717, 1.165) is 12.8 Å². The lowest BCUT2D eigenvalue weighted by molar-refractivity contribution is 0.414. The first-order valence-corrected chi connectivity index (χ1v) is 26.7. The maximum atomic E-state index is 12.7. The Kier molecular flexibility index (Phi) is 16.7. The molecule has 0 aliphatic heterocycles. The van der Waals surface area contributed by atoms with E-state index in [9.17, 15) is 25.9 Å². The van der Waals surface area contributed by atoms with Crippen LogP contribution in [0.4, 0.5) is 57.4 Å². The fourth-order valence-corrected chi connectivity index (χ4v) is 10.0. The number of anilines is 6. The molecule has 4 N–H and O–H groups in total. The Hall–Kier alpha value is -6.98. The number of hydrogen-bond acceptors (Lipinski definition) is 18. The summed E-state index contributed by atoms with van der Waals surface area (Å²) in [5.74, 6) is 1.84. The summed E-state index contributed by atoms with van der Waals surface area (Å²) in [6.45, 7) is 12.7. The first-order chi connectivity index (χ1) is 34.1. The van der Waals surface area contributed by atoms with Crippen molar-refractivity contribution < 1.29 is 35.4 Å². The van der Waals surface area contributed by atoms with Crippen molar-refractivity contribution in [1.29, 1.82) is 0 Å². The molecular weight excluding hydrogens is 967 g/mol. The SMILES string of the molecule is CCCCSc1nc(Nc2cc(N(CC)CC)c(OC)cc2/N=N/c2c(S(=O)(=O)O)ccc3ccccc23)nc(Nc2cc(N(CC)CC)c(OC)cc2/N=N/c2c(S(=O)(=O)O)ccc3ccccc23)n1. The number of hydrogen-bond donors (Lipinski definition) is 4. The van der Waals surface area contributed by atoms with Crippen molar-refractivity contribution >= 4 is 111 Å². The van der Waals surface area contributed by atoms with Crippen molar-refractivity contribution in [3.05, 3.63) is 97.1 Å². The van der Waals surface area contributed by atoms with E-state index >= 15 is 0 Å². The van der Waals surface area contributed by atoms with Gasteiger partial charge in [-0.1, -0.05) is 85.8 Å². The zero-order valence-corrected chi connectivity index (χ0v) is 42.7. The number of rotatable bonds is 22. The third-order valence-electron chi connectivity index (χ3n) is 11.4. The van der Waals surface area contributed by atoms with Crippen molar-refractivity contribution in [3.63, 3.8) is 0 Å². The molecule has 22 heteroatoms. The van der Waals surface area contributed by atoms with E-state index in [-0.39, 0.29) is 34.6 Å². The highest BCUT2D eigenvalue weighted by atomic mass is 32.2. The highest BCUT2D eigenvalue weighted by Crippen LogP contribution is 2.44. The standard InChI is InChI=1S/C49H55N11O8S3/c1-8-13-26-69-49-53-47(50-35-27-39(59(9-2)10-3)41(67-6)29-37(35)55-57-45-33-20-16-14-18-31(33)22-24-43(45)70(61,62)63)52-48(54-49)51-36-28-40(60(11-4)12-5)42(68-7)30-38(36)56-58-46-34-21-17-15-19-32(34)23-25-44(46)71(64,65)66/h14-25,27-30H,8-13,26H2,1-7H3,(H,61,62,63)(H,64,65,66)(H2,50,51,52,53,54)/b57-55+,58-56+. The van der Waals surface area contributed by atoms with Crippen LogP contribution < -0.4 is 29.9 Å². The van der Waals surface area contributed by atoms with E-state index in [1.165, 1.54) is 38.1 Å². The molecule has 0 fully saturated rings. The molecule has 71 heavy (non-hydrogen) atoms. The Morgan fingerprint density at radius 3 is 1.38 bits per heavy atom. The zero-order chi connectivity index (χ0) is 50.9. The van der Waals surface area contributed by atoms with E-state index in [2.05, 4.69) is 47.8 Å². The van der Waals surface area contributed by atoms with E-state index < -0.39 is 30.0 Å². The summed E-state index contributed by atoms with van der Waals surface area (Å²) in [5, 5.41) is 27.4. The van der Waals surface area contributed by atoms with Gasteiger partial charge in [0.15, 0.2) is 5.16 Å². The van der Waals surface area contributed by atoms with Gasteiger partial charge in [0.1, 0.15) is 44.0 Å². The van der Waals surface area contributed by atoms with Gasteiger partial charge in [-0.3, -0.25) is 9.11 Å². The van der Waals surface area contributed by atoms with E-state index in [4.69, 9.17) is 24.4 Å². The Bertz CT molecular complexity index is 3140. The van der Waals surface area contributed by atoms with Gasteiger partial charge in [0, 0.05) is 54.8 Å². The second-order valence-corrected chi connectivity index (χ2v) is 19.6. The number of nitrogens with one attached hydrogen (secondary N) is 2. The highest BCUT2D eigenvalue weighted by Gasteiger charge is 2.23. The minimum Gasteiger partial charge on any atom is -0.494 e. The van der Waals surface area contributed by atoms with Crippen LogP contribution >= 0.6 is 11.8 Å². The predicted molar refractivity (Wildman–Crippen MR) is 281 cm³/mol. The number of benzene rings is 6. The molecule has 1 aromatic heterocycles. The van der Waals surface area contributed by atoms with Crippen LogP contribution in [0.3, 0.4) is 0 Å². The van der Waals surface area contributed by atoms with Crippen molar-refractivity contribution in [2.24, 2.45) is 20.5 Å². The average molecular weight is 1020 g/mol. The van der Waals surface area contributed by atoms with Crippen molar-refractivity contribution in [3.8, 4) is 11.5 Å². The summed E-state index contributed by atoms with van der Waals surface area (Å²) in [5.41, 5.74) is 2.51. The number of nitrogens with zero attached hydrogens (tertiary/aromatic N) is 9. The van der Waals surface area contributed by atoms with E-state index in [0.29, 0.717) is 92.9 Å². The molecule has 7 aromatic rings. The van der Waals surface area contributed by atoms with E-state index in [1.54, 1.807) is 72.8 Å². The van der Waals surface area contributed by atoms with Crippen LogP contribution in [0.15, 0.2) is 132 Å². The smallest absolute Gasteiger partial charge is 0.296 e. The molecule has 0 aliphatic rings. The van der Waals surface area contributed by atoms with Crippen molar-refractivity contribution in [1.82, 2.24) is 15.0 Å².